The number of nitrogens with two attached hydrogens (primary N) is 1. The van der Waals surface area contributed by atoms with Crippen LogP contribution in [-0.2, 0) is 0 Å². The Labute approximate surface area is 104 Å². The van der Waals surface area contributed by atoms with Crippen molar-refractivity contribution < 1.29 is 5.11 Å². The van der Waals surface area contributed by atoms with Crippen LogP contribution >= 0.6 is 11.6 Å². The number of anilines is 2. The lowest BCUT2D eigenvalue weighted by Gasteiger charge is -2.34. The molecule has 1 aromatic heterocycles. The first-order chi connectivity index (χ1) is 8.19. The Hall–Kier alpha value is -1.18. The van der Waals surface area contributed by atoms with E-state index in [-0.39, 0.29) is 17.8 Å². The molecule has 94 valence electrons. The van der Waals surface area contributed by atoms with E-state index in [1.807, 2.05) is 4.90 Å². The SMILES string of the molecule is Nc1nc(Cl)nc(N2CCN(CCO)CC2)n1. The van der Waals surface area contributed by atoms with Crippen LogP contribution in [0.2, 0.25) is 5.28 Å². The van der Waals surface area contributed by atoms with Crippen molar-refractivity contribution in [2.75, 3.05) is 50.0 Å². The predicted octanol–water partition coefficient (Wildman–Crippen LogP) is -0.779. The van der Waals surface area contributed by atoms with Gasteiger partial charge in [0, 0.05) is 32.7 Å². The van der Waals surface area contributed by atoms with Crippen LogP contribution in [0.3, 0.4) is 0 Å². The average molecular weight is 259 g/mol. The van der Waals surface area contributed by atoms with Gasteiger partial charge in [0.1, 0.15) is 0 Å². The van der Waals surface area contributed by atoms with Crippen molar-refractivity contribution in [3.05, 3.63) is 5.28 Å². The number of nitrogen functional groups attached to an aromatic ring is 1. The van der Waals surface area contributed by atoms with Crippen molar-refractivity contribution in [1.82, 2.24) is 19.9 Å². The Morgan fingerprint density at radius 3 is 2.47 bits per heavy atom. The maximum absolute atomic E-state index is 8.85. The number of halogens is 1. The largest absolute Gasteiger partial charge is 0.395 e. The van der Waals surface area contributed by atoms with Crippen LogP contribution < -0.4 is 10.6 Å². The maximum atomic E-state index is 8.85. The quantitative estimate of drug-likeness (QED) is 0.735. The molecule has 2 heterocycles. The molecule has 1 saturated heterocycles. The van der Waals surface area contributed by atoms with E-state index in [4.69, 9.17) is 22.4 Å². The van der Waals surface area contributed by atoms with Crippen LogP contribution in [0, 0.1) is 0 Å². The molecule has 0 aliphatic carbocycles. The van der Waals surface area contributed by atoms with Gasteiger partial charge in [-0.05, 0) is 11.6 Å². The van der Waals surface area contributed by atoms with E-state index in [0.717, 1.165) is 26.2 Å². The summed E-state index contributed by atoms with van der Waals surface area (Å²) in [6.07, 6.45) is 0. The van der Waals surface area contributed by atoms with Gasteiger partial charge in [0.2, 0.25) is 17.2 Å². The zero-order chi connectivity index (χ0) is 12.3. The molecule has 1 fully saturated rings. The number of aliphatic hydroxyl groups is 1. The summed E-state index contributed by atoms with van der Waals surface area (Å²) in [6, 6.07) is 0. The first-order valence-electron chi connectivity index (χ1n) is 5.44. The topological polar surface area (TPSA) is 91.4 Å². The lowest BCUT2D eigenvalue weighted by molar-refractivity contribution is 0.188. The van der Waals surface area contributed by atoms with Crippen molar-refractivity contribution in [2.45, 2.75) is 0 Å². The normalized spacial score (nSPS) is 17.4. The minimum absolute atomic E-state index is 0.116. The van der Waals surface area contributed by atoms with Crippen molar-refractivity contribution in [3.8, 4) is 0 Å². The van der Waals surface area contributed by atoms with Crippen LogP contribution in [0.1, 0.15) is 0 Å². The molecular weight excluding hydrogens is 244 g/mol. The molecule has 0 saturated carbocycles. The summed E-state index contributed by atoms with van der Waals surface area (Å²) in [5, 5.41) is 8.97. The summed E-state index contributed by atoms with van der Waals surface area (Å²) in [5.74, 6) is 0.656. The second-order valence-electron chi connectivity index (χ2n) is 3.81. The van der Waals surface area contributed by atoms with E-state index in [9.17, 15) is 0 Å². The molecule has 3 N–H and O–H groups in total. The molecule has 1 aromatic rings. The van der Waals surface area contributed by atoms with Crippen LogP contribution in [0.4, 0.5) is 11.9 Å². The fourth-order valence-electron chi connectivity index (χ4n) is 1.81. The lowest BCUT2D eigenvalue weighted by Crippen LogP contribution is -2.47. The van der Waals surface area contributed by atoms with Crippen LogP contribution in [0.15, 0.2) is 0 Å². The van der Waals surface area contributed by atoms with Gasteiger partial charge >= 0.3 is 0 Å². The molecule has 2 rings (SSSR count). The third-order valence-electron chi connectivity index (χ3n) is 2.68. The minimum atomic E-state index is 0.116. The monoisotopic (exact) mass is 258 g/mol. The van der Waals surface area contributed by atoms with Crippen LogP contribution in [0.5, 0.6) is 0 Å². The maximum Gasteiger partial charge on any atom is 0.231 e. The predicted molar refractivity (Wildman–Crippen MR) is 65.0 cm³/mol. The summed E-state index contributed by atoms with van der Waals surface area (Å²) in [6.45, 7) is 4.20. The highest BCUT2D eigenvalue weighted by molar-refractivity contribution is 6.28. The summed E-state index contributed by atoms with van der Waals surface area (Å²) in [5.41, 5.74) is 5.52. The molecular formula is C9H15ClN6O. The van der Waals surface area contributed by atoms with Gasteiger partial charge < -0.3 is 15.7 Å². The molecule has 0 unspecified atom stereocenters. The van der Waals surface area contributed by atoms with Gasteiger partial charge in [-0.15, -0.1) is 0 Å². The number of hydrogen-bond donors (Lipinski definition) is 2. The van der Waals surface area contributed by atoms with Crippen LogP contribution in [-0.4, -0.2) is 64.3 Å². The van der Waals surface area contributed by atoms with Gasteiger partial charge in [-0.25, -0.2) is 0 Å². The van der Waals surface area contributed by atoms with Crippen molar-refractivity contribution in [2.24, 2.45) is 0 Å². The number of nitrogens with zero attached hydrogens (tertiary/aromatic N) is 5. The number of piperazine rings is 1. The standard InChI is InChI=1S/C9H15ClN6O/c10-7-12-8(11)14-9(13-7)16-3-1-15(2-4-16)5-6-17/h17H,1-6H2,(H2,11,12,13,14). The summed E-state index contributed by atoms with van der Waals surface area (Å²) in [4.78, 5) is 16.0. The molecule has 0 aromatic carbocycles. The fraction of sp³-hybridized carbons (Fsp3) is 0.667. The zero-order valence-corrected chi connectivity index (χ0v) is 10.1. The number of hydrogen-bond acceptors (Lipinski definition) is 7. The van der Waals surface area contributed by atoms with Gasteiger partial charge in [0.25, 0.3) is 0 Å². The molecule has 7 nitrogen and oxygen atoms in total. The highest BCUT2D eigenvalue weighted by atomic mass is 35.5. The van der Waals surface area contributed by atoms with Gasteiger partial charge in [0.05, 0.1) is 6.61 Å². The third-order valence-corrected chi connectivity index (χ3v) is 2.85. The highest BCUT2D eigenvalue weighted by Crippen LogP contribution is 2.14. The second kappa shape index (κ2) is 5.44. The summed E-state index contributed by atoms with van der Waals surface area (Å²) < 4.78 is 0. The summed E-state index contributed by atoms with van der Waals surface area (Å²) >= 11 is 5.74. The molecule has 8 heteroatoms. The Kier molecular flexibility index (Phi) is 3.93. The third kappa shape index (κ3) is 3.15. The molecule has 0 bridgehead atoms. The van der Waals surface area contributed by atoms with E-state index in [1.54, 1.807) is 0 Å². The fourth-order valence-corrected chi connectivity index (χ4v) is 1.97. The molecule has 17 heavy (non-hydrogen) atoms. The van der Waals surface area contributed by atoms with Crippen molar-refractivity contribution in [3.63, 3.8) is 0 Å². The Bertz CT molecular complexity index is 361. The second-order valence-corrected chi connectivity index (χ2v) is 4.15. The average Bonchev–Trinajstić information content (AvgIpc) is 2.29. The van der Waals surface area contributed by atoms with E-state index in [0.29, 0.717) is 12.5 Å². The minimum Gasteiger partial charge on any atom is -0.395 e. The van der Waals surface area contributed by atoms with E-state index in [2.05, 4.69) is 19.9 Å². The molecule has 0 amide bonds. The van der Waals surface area contributed by atoms with Gasteiger partial charge in [0.15, 0.2) is 0 Å². The Balaban J connectivity index is 2.00. The number of rotatable bonds is 3. The number of β-amino-alcohol motifs (C(OH)–C–C–N with tert-alkyl or cyclic N) is 1. The molecule has 0 atom stereocenters. The van der Waals surface area contributed by atoms with Crippen LogP contribution in [0.25, 0.3) is 0 Å². The van der Waals surface area contributed by atoms with Gasteiger partial charge in [-0.3, -0.25) is 4.90 Å². The molecule has 0 spiro atoms. The lowest BCUT2D eigenvalue weighted by atomic mass is 10.3. The molecule has 0 radical (unpaired) electrons. The van der Waals surface area contributed by atoms with Gasteiger partial charge in [-0.1, -0.05) is 0 Å². The first-order valence-corrected chi connectivity index (χ1v) is 5.82. The Morgan fingerprint density at radius 1 is 1.18 bits per heavy atom. The number of aromatic nitrogens is 3. The Morgan fingerprint density at radius 2 is 1.88 bits per heavy atom. The highest BCUT2D eigenvalue weighted by Gasteiger charge is 2.19. The van der Waals surface area contributed by atoms with Crippen molar-refractivity contribution in [1.29, 1.82) is 0 Å². The van der Waals surface area contributed by atoms with E-state index in [1.165, 1.54) is 0 Å². The molecule has 1 aliphatic rings. The smallest absolute Gasteiger partial charge is 0.231 e. The van der Waals surface area contributed by atoms with Gasteiger partial charge in [-0.2, -0.15) is 15.0 Å². The number of aliphatic hydroxyl groups excluding tert-OH is 1. The first kappa shape index (κ1) is 12.3. The van der Waals surface area contributed by atoms with E-state index >= 15 is 0 Å². The zero-order valence-electron chi connectivity index (χ0n) is 9.38. The summed E-state index contributed by atoms with van der Waals surface area (Å²) in [7, 11) is 0. The van der Waals surface area contributed by atoms with Crippen molar-refractivity contribution >= 4 is 23.5 Å². The van der Waals surface area contributed by atoms with E-state index < -0.39 is 0 Å². The molecule has 1 aliphatic heterocycles.